The van der Waals surface area contributed by atoms with E-state index in [0.29, 0.717) is 17.9 Å². The van der Waals surface area contributed by atoms with E-state index in [0.717, 1.165) is 10.0 Å². The second-order valence-electron chi connectivity index (χ2n) is 3.97. The molecule has 0 aliphatic heterocycles. The predicted octanol–water partition coefficient (Wildman–Crippen LogP) is 3.89. The summed E-state index contributed by atoms with van der Waals surface area (Å²) in [7, 11) is 0. The number of benzene rings is 2. The molecule has 0 fully saturated rings. The fourth-order valence-corrected chi connectivity index (χ4v) is 1.80. The Morgan fingerprint density at radius 2 is 1.78 bits per heavy atom. The summed E-state index contributed by atoms with van der Waals surface area (Å²) in [5, 5.41) is 0. The molecule has 4 heteroatoms. The molecule has 2 nitrogen and oxygen atoms in total. The van der Waals surface area contributed by atoms with E-state index in [1.165, 1.54) is 6.07 Å². The average molecular weight is 310 g/mol. The van der Waals surface area contributed by atoms with Crippen LogP contribution in [0.1, 0.15) is 11.1 Å². The van der Waals surface area contributed by atoms with E-state index in [2.05, 4.69) is 15.9 Å². The summed E-state index contributed by atoms with van der Waals surface area (Å²) in [6.07, 6.45) is 0. The van der Waals surface area contributed by atoms with Crippen LogP contribution in [0.5, 0.6) is 0 Å². The van der Waals surface area contributed by atoms with Crippen LogP contribution in [0.3, 0.4) is 0 Å². The van der Waals surface area contributed by atoms with Crippen LogP contribution in [-0.4, -0.2) is 0 Å². The quantitative estimate of drug-likeness (QED) is 0.870. The van der Waals surface area contributed by atoms with Crippen molar-refractivity contribution in [2.24, 2.45) is 0 Å². The summed E-state index contributed by atoms with van der Waals surface area (Å²) in [6.45, 7) is 0.694. The number of ether oxygens (including phenoxy) is 1. The van der Waals surface area contributed by atoms with E-state index < -0.39 is 0 Å². The van der Waals surface area contributed by atoms with Gasteiger partial charge in [-0.15, -0.1) is 0 Å². The van der Waals surface area contributed by atoms with E-state index in [9.17, 15) is 4.39 Å². The lowest BCUT2D eigenvalue weighted by Crippen LogP contribution is -1.98. The predicted molar refractivity (Wildman–Crippen MR) is 73.4 cm³/mol. The number of halogens is 2. The number of anilines is 1. The van der Waals surface area contributed by atoms with E-state index in [4.69, 9.17) is 10.5 Å². The summed E-state index contributed by atoms with van der Waals surface area (Å²) in [4.78, 5) is 0. The molecule has 0 radical (unpaired) electrons. The van der Waals surface area contributed by atoms with Crippen LogP contribution in [0.4, 0.5) is 10.1 Å². The molecule has 94 valence electrons. The lowest BCUT2D eigenvalue weighted by atomic mass is 10.2. The second-order valence-corrected chi connectivity index (χ2v) is 4.89. The Morgan fingerprint density at radius 1 is 1.06 bits per heavy atom. The zero-order valence-corrected chi connectivity index (χ0v) is 11.3. The van der Waals surface area contributed by atoms with Crippen molar-refractivity contribution in [3.8, 4) is 0 Å². The van der Waals surface area contributed by atoms with Gasteiger partial charge in [0, 0.05) is 15.7 Å². The molecule has 0 aliphatic carbocycles. The fraction of sp³-hybridized carbons (Fsp3) is 0.143. The molecule has 0 aliphatic rings. The van der Waals surface area contributed by atoms with Crippen molar-refractivity contribution in [3.05, 3.63) is 63.9 Å². The molecule has 2 aromatic carbocycles. The first-order valence-electron chi connectivity index (χ1n) is 5.51. The van der Waals surface area contributed by atoms with Crippen molar-refractivity contribution in [2.75, 3.05) is 5.73 Å². The summed E-state index contributed by atoms with van der Waals surface area (Å²) < 4.78 is 20.0. The molecule has 18 heavy (non-hydrogen) atoms. The smallest absolute Gasteiger partial charge is 0.130 e. The Balaban J connectivity index is 1.90. The average Bonchev–Trinajstić information content (AvgIpc) is 2.34. The first-order chi connectivity index (χ1) is 8.65. The minimum atomic E-state index is -0.328. The van der Waals surface area contributed by atoms with Gasteiger partial charge in [-0.3, -0.25) is 0 Å². The molecular formula is C14H13BrFNO. The molecule has 2 N–H and O–H groups in total. The van der Waals surface area contributed by atoms with Crippen molar-refractivity contribution in [3.63, 3.8) is 0 Å². The van der Waals surface area contributed by atoms with Gasteiger partial charge in [0.25, 0.3) is 0 Å². The third kappa shape index (κ3) is 3.55. The maximum Gasteiger partial charge on any atom is 0.130 e. The Labute approximate surface area is 114 Å². The first-order valence-corrected chi connectivity index (χ1v) is 6.30. The van der Waals surface area contributed by atoms with Crippen LogP contribution in [0, 0.1) is 5.82 Å². The van der Waals surface area contributed by atoms with Crippen molar-refractivity contribution < 1.29 is 9.13 Å². The SMILES string of the molecule is Nc1ccc(COCc2ccc(Br)cc2)c(F)c1. The lowest BCUT2D eigenvalue weighted by molar-refractivity contribution is 0.105. The van der Waals surface area contributed by atoms with Crippen LogP contribution in [0.25, 0.3) is 0 Å². The largest absolute Gasteiger partial charge is 0.399 e. The third-order valence-electron chi connectivity index (χ3n) is 2.52. The van der Waals surface area contributed by atoms with Crippen LogP contribution < -0.4 is 5.73 Å². The van der Waals surface area contributed by atoms with Crippen molar-refractivity contribution in [1.29, 1.82) is 0 Å². The molecule has 0 heterocycles. The molecule has 0 spiro atoms. The highest BCUT2D eigenvalue weighted by atomic mass is 79.9. The van der Waals surface area contributed by atoms with E-state index in [-0.39, 0.29) is 12.4 Å². The molecule has 2 aromatic rings. The molecular weight excluding hydrogens is 297 g/mol. The monoisotopic (exact) mass is 309 g/mol. The molecule has 0 bridgehead atoms. The summed E-state index contributed by atoms with van der Waals surface area (Å²) >= 11 is 3.36. The summed E-state index contributed by atoms with van der Waals surface area (Å²) in [6, 6.07) is 12.4. The highest BCUT2D eigenvalue weighted by Gasteiger charge is 2.02. The Hall–Kier alpha value is -1.39. The molecule has 0 aromatic heterocycles. The topological polar surface area (TPSA) is 35.2 Å². The zero-order chi connectivity index (χ0) is 13.0. The normalized spacial score (nSPS) is 10.6. The lowest BCUT2D eigenvalue weighted by Gasteiger charge is -2.06. The van der Waals surface area contributed by atoms with Crippen LogP contribution >= 0.6 is 15.9 Å². The molecule has 0 saturated carbocycles. The summed E-state index contributed by atoms with van der Waals surface area (Å²) in [5.74, 6) is -0.328. The van der Waals surface area contributed by atoms with Crippen molar-refractivity contribution in [2.45, 2.75) is 13.2 Å². The van der Waals surface area contributed by atoms with E-state index in [1.807, 2.05) is 24.3 Å². The van der Waals surface area contributed by atoms with Gasteiger partial charge in [0.05, 0.1) is 13.2 Å². The molecule has 0 amide bonds. The number of hydrogen-bond donors (Lipinski definition) is 1. The summed E-state index contributed by atoms with van der Waals surface area (Å²) in [5.41, 5.74) is 7.46. The highest BCUT2D eigenvalue weighted by Crippen LogP contribution is 2.15. The third-order valence-corrected chi connectivity index (χ3v) is 3.05. The molecule has 0 unspecified atom stereocenters. The van der Waals surface area contributed by atoms with Crippen molar-refractivity contribution >= 4 is 21.6 Å². The zero-order valence-electron chi connectivity index (χ0n) is 9.70. The van der Waals surface area contributed by atoms with Gasteiger partial charge in [0.2, 0.25) is 0 Å². The number of nitrogen functional groups attached to an aromatic ring is 1. The molecule has 2 rings (SSSR count). The van der Waals surface area contributed by atoms with Gasteiger partial charge < -0.3 is 10.5 Å². The molecule has 0 saturated heterocycles. The minimum absolute atomic E-state index is 0.238. The van der Waals surface area contributed by atoms with E-state index >= 15 is 0 Å². The molecule has 0 atom stereocenters. The van der Waals surface area contributed by atoms with Gasteiger partial charge in [-0.1, -0.05) is 34.1 Å². The van der Waals surface area contributed by atoms with Gasteiger partial charge in [-0.2, -0.15) is 0 Å². The maximum atomic E-state index is 13.5. The first kappa shape index (κ1) is 13.1. The minimum Gasteiger partial charge on any atom is -0.399 e. The van der Waals surface area contributed by atoms with Gasteiger partial charge in [-0.25, -0.2) is 4.39 Å². The van der Waals surface area contributed by atoms with Gasteiger partial charge in [0.1, 0.15) is 5.82 Å². The maximum absolute atomic E-state index is 13.5. The van der Waals surface area contributed by atoms with Gasteiger partial charge >= 0.3 is 0 Å². The van der Waals surface area contributed by atoms with Crippen LogP contribution in [0.2, 0.25) is 0 Å². The highest BCUT2D eigenvalue weighted by molar-refractivity contribution is 9.10. The van der Waals surface area contributed by atoms with Gasteiger partial charge in [-0.05, 0) is 29.8 Å². The number of rotatable bonds is 4. The van der Waals surface area contributed by atoms with Crippen molar-refractivity contribution in [1.82, 2.24) is 0 Å². The van der Waals surface area contributed by atoms with E-state index in [1.54, 1.807) is 12.1 Å². The Kier molecular flexibility index (Phi) is 4.33. The Morgan fingerprint density at radius 3 is 2.44 bits per heavy atom. The fourth-order valence-electron chi connectivity index (χ4n) is 1.54. The number of hydrogen-bond acceptors (Lipinski definition) is 2. The number of nitrogens with two attached hydrogens (primary N) is 1. The Bertz CT molecular complexity index is 528. The van der Waals surface area contributed by atoms with Crippen LogP contribution in [-0.2, 0) is 18.0 Å². The van der Waals surface area contributed by atoms with Gasteiger partial charge in [0.15, 0.2) is 0 Å². The second kappa shape index (κ2) is 5.98. The standard InChI is InChI=1S/C14H13BrFNO/c15-12-4-1-10(2-5-12)8-18-9-11-3-6-13(17)7-14(11)16/h1-7H,8-9,17H2. The van der Waals surface area contributed by atoms with Crippen LogP contribution in [0.15, 0.2) is 46.9 Å².